The SMILES string of the molecule is COC(=O)c1ccc(NC(=O)c2c(C)c(-c3ccccc3)nc3c(C)cc(Br)cc23)c(F)c1. The van der Waals surface area contributed by atoms with E-state index >= 15 is 0 Å². The number of aromatic nitrogens is 1. The zero-order chi connectivity index (χ0) is 23.7. The zero-order valence-electron chi connectivity index (χ0n) is 18.2. The predicted octanol–water partition coefficient (Wildman–Crippen LogP) is 6.46. The molecule has 1 aromatic heterocycles. The second-order valence-electron chi connectivity index (χ2n) is 7.59. The van der Waals surface area contributed by atoms with E-state index in [1.807, 2.05) is 56.3 Å². The maximum absolute atomic E-state index is 14.7. The first kappa shape index (κ1) is 22.6. The average Bonchev–Trinajstić information content (AvgIpc) is 2.80. The molecular formula is C26H20BrFN2O3. The number of nitrogens with one attached hydrogen (secondary N) is 1. The number of hydrogen-bond acceptors (Lipinski definition) is 4. The van der Waals surface area contributed by atoms with Gasteiger partial charge in [-0.25, -0.2) is 14.2 Å². The highest BCUT2D eigenvalue weighted by Crippen LogP contribution is 2.33. The fourth-order valence-electron chi connectivity index (χ4n) is 3.81. The van der Waals surface area contributed by atoms with Gasteiger partial charge in [-0.2, -0.15) is 0 Å². The Balaban J connectivity index is 1.86. The van der Waals surface area contributed by atoms with Crippen molar-refractivity contribution in [3.8, 4) is 11.3 Å². The summed E-state index contributed by atoms with van der Waals surface area (Å²) < 4.78 is 20.1. The molecule has 0 spiro atoms. The van der Waals surface area contributed by atoms with Crippen molar-refractivity contribution in [3.63, 3.8) is 0 Å². The number of fused-ring (bicyclic) bond motifs is 1. The van der Waals surface area contributed by atoms with E-state index in [9.17, 15) is 14.0 Å². The van der Waals surface area contributed by atoms with Crippen molar-refractivity contribution in [2.75, 3.05) is 12.4 Å². The monoisotopic (exact) mass is 506 g/mol. The van der Waals surface area contributed by atoms with Gasteiger partial charge in [0.1, 0.15) is 5.82 Å². The molecule has 0 atom stereocenters. The van der Waals surface area contributed by atoms with Crippen LogP contribution in [0.25, 0.3) is 22.2 Å². The molecule has 0 aliphatic heterocycles. The summed E-state index contributed by atoms with van der Waals surface area (Å²) >= 11 is 3.50. The van der Waals surface area contributed by atoms with E-state index < -0.39 is 17.7 Å². The Hall–Kier alpha value is -3.58. The molecule has 0 radical (unpaired) electrons. The summed E-state index contributed by atoms with van der Waals surface area (Å²) in [6.45, 7) is 3.76. The van der Waals surface area contributed by atoms with Crippen LogP contribution in [0.3, 0.4) is 0 Å². The van der Waals surface area contributed by atoms with Crippen molar-refractivity contribution >= 4 is 44.4 Å². The van der Waals surface area contributed by atoms with Gasteiger partial charge in [-0.1, -0.05) is 46.3 Å². The van der Waals surface area contributed by atoms with E-state index in [4.69, 9.17) is 4.98 Å². The van der Waals surface area contributed by atoms with Gasteiger partial charge in [-0.3, -0.25) is 4.79 Å². The van der Waals surface area contributed by atoms with Gasteiger partial charge in [0.25, 0.3) is 5.91 Å². The van der Waals surface area contributed by atoms with Crippen molar-refractivity contribution in [1.29, 1.82) is 0 Å². The second-order valence-corrected chi connectivity index (χ2v) is 8.50. The lowest BCUT2D eigenvalue weighted by Crippen LogP contribution is -2.16. The first-order valence-corrected chi connectivity index (χ1v) is 10.9. The lowest BCUT2D eigenvalue weighted by molar-refractivity contribution is 0.0600. The summed E-state index contributed by atoms with van der Waals surface area (Å²) in [4.78, 5) is 30.0. The second kappa shape index (κ2) is 9.11. The largest absolute Gasteiger partial charge is 0.465 e. The van der Waals surface area contributed by atoms with Crippen molar-refractivity contribution in [2.24, 2.45) is 0 Å². The Labute approximate surface area is 198 Å². The Morgan fingerprint density at radius 1 is 1.03 bits per heavy atom. The normalized spacial score (nSPS) is 10.8. The number of hydrogen-bond donors (Lipinski definition) is 1. The van der Waals surface area contributed by atoms with E-state index in [0.717, 1.165) is 21.7 Å². The Morgan fingerprint density at radius 2 is 1.76 bits per heavy atom. The minimum Gasteiger partial charge on any atom is -0.465 e. The number of aryl methyl sites for hydroxylation is 1. The quantitative estimate of drug-likeness (QED) is 0.322. The molecule has 3 aromatic carbocycles. The van der Waals surface area contributed by atoms with Gasteiger partial charge in [0.15, 0.2) is 0 Å². The van der Waals surface area contributed by atoms with Crippen LogP contribution in [0, 0.1) is 19.7 Å². The molecule has 0 fully saturated rings. The van der Waals surface area contributed by atoms with Crippen LogP contribution in [-0.2, 0) is 4.74 Å². The Kier molecular flexibility index (Phi) is 6.24. The minimum atomic E-state index is -0.733. The molecule has 33 heavy (non-hydrogen) atoms. The number of anilines is 1. The maximum atomic E-state index is 14.7. The molecule has 1 amide bonds. The van der Waals surface area contributed by atoms with Crippen molar-refractivity contribution in [1.82, 2.24) is 4.98 Å². The molecule has 7 heteroatoms. The van der Waals surface area contributed by atoms with Crippen LogP contribution < -0.4 is 5.32 Å². The standard InChI is InChI=1S/C26H20BrFN2O3/c1-14-11-18(27)13-19-22(15(2)24(30-23(14)19)16-7-5-4-6-8-16)25(31)29-21-10-9-17(12-20(21)28)26(32)33-3/h4-13H,1-3H3,(H,29,31). The number of benzene rings is 3. The van der Waals surface area contributed by atoms with Crippen LogP contribution in [0.5, 0.6) is 0 Å². The van der Waals surface area contributed by atoms with Gasteiger partial charge in [-0.15, -0.1) is 0 Å². The molecule has 0 unspecified atom stereocenters. The fourth-order valence-corrected chi connectivity index (χ4v) is 4.38. The first-order valence-electron chi connectivity index (χ1n) is 10.1. The van der Waals surface area contributed by atoms with Crippen molar-refractivity contribution in [3.05, 3.63) is 93.2 Å². The van der Waals surface area contributed by atoms with Gasteiger partial charge in [0, 0.05) is 15.4 Å². The van der Waals surface area contributed by atoms with Crippen LogP contribution in [-0.4, -0.2) is 24.0 Å². The van der Waals surface area contributed by atoms with Gasteiger partial charge in [0.2, 0.25) is 0 Å². The van der Waals surface area contributed by atoms with Crippen molar-refractivity contribution in [2.45, 2.75) is 13.8 Å². The lowest BCUT2D eigenvalue weighted by atomic mass is 9.95. The molecule has 166 valence electrons. The Morgan fingerprint density at radius 3 is 2.42 bits per heavy atom. The van der Waals surface area contributed by atoms with Crippen LogP contribution in [0.15, 0.2) is 65.1 Å². The summed E-state index contributed by atoms with van der Waals surface area (Å²) in [5, 5.41) is 3.31. The summed E-state index contributed by atoms with van der Waals surface area (Å²) in [6.07, 6.45) is 0. The molecule has 0 aliphatic carbocycles. The summed E-state index contributed by atoms with van der Waals surface area (Å²) in [5.41, 5.74) is 4.25. The van der Waals surface area contributed by atoms with Gasteiger partial charge in [0.05, 0.1) is 35.1 Å². The molecular weight excluding hydrogens is 487 g/mol. The molecule has 0 saturated carbocycles. The van der Waals surface area contributed by atoms with Crippen molar-refractivity contribution < 1.29 is 18.7 Å². The summed E-state index contributed by atoms with van der Waals surface area (Å²) in [7, 11) is 1.22. The average molecular weight is 507 g/mol. The molecule has 1 N–H and O–H groups in total. The van der Waals surface area contributed by atoms with E-state index in [1.165, 1.54) is 19.2 Å². The molecule has 0 aliphatic rings. The van der Waals surface area contributed by atoms with Crippen LogP contribution in [0.4, 0.5) is 10.1 Å². The van der Waals surface area contributed by atoms with Gasteiger partial charge >= 0.3 is 5.97 Å². The van der Waals surface area contributed by atoms with Gasteiger partial charge < -0.3 is 10.1 Å². The molecule has 5 nitrogen and oxygen atoms in total. The fraction of sp³-hybridized carbons (Fsp3) is 0.115. The number of pyridine rings is 1. The highest BCUT2D eigenvalue weighted by Gasteiger charge is 2.22. The lowest BCUT2D eigenvalue weighted by Gasteiger charge is -2.17. The summed E-state index contributed by atoms with van der Waals surface area (Å²) in [6, 6.07) is 17.2. The highest BCUT2D eigenvalue weighted by atomic mass is 79.9. The number of halogens is 2. The number of nitrogens with zero attached hydrogens (tertiary/aromatic N) is 1. The van der Waals surface area contributed by atoms with Crippen LogP contribution >= 0.6 is 15.9 Å². The number of carbonyl (C=O) groups excluding carboxylic acids is 2. The third kappa shape index (κ3) is 4.36. The number of ether oxygens (including phenoxy) is 1. The third-order valence-corrected chi connectivity index (χ3v) is 5.86. The highest BCUT2D eigenvalue weighted by molar-refractivity contribution is 9.10. The smallest absolute Gasteiger partial charge is 0.337 e. The molecule has 4 rings (SSSR count). The van der Waals surface area contributed by atoms with E-state index in [-0.39, 0.29) is 11.3 Å². The van der Waals surface area contributed by atoms with Gasteiger partial charge in [-0.05, 0) is 55.3 Å². The number of rotatable bonds is 4. The first-order chi connectivity index (χ1) is 15.8. The summed E-state index contributed by atoms with van der Waals surface area (Å²) in [5.74, 6) is -1.86. The molecule has 0 saturated heterocycles. The number of methoxy groups -OCH3 is 1. The zero-order valence-corrected chi connectivity index (χ0v) is 19.8. The maximum Gasteiger partial charge on any atom is 0.337 e. The molecule has 1 heterocycles. The van der Waals surface area contributed by atoms with Crippen LogP contribution in [0.2, 0.25) is 0 Å². The number of esters is 1. The molecule has 4 aromatic rings. The topological polar surface area (TPSA) is 68.3 Å². The Bertz CT molecular complexity index is 1400. The number of amides is 1. The van der Waals surface area contributed by atoms with E-state index in [2.05, 4.69) is 26.0 Å². The number of carbonyl (C=O) groups is 2. The third-order valence-electron chi connectivity index (χ3n) is 5.40. The molecule has 0 bridgehead atoms. The van der Waals surface area contributed by atoms with E-state index in [0.29, 0.717) is 27.7 Å². The minimum absolute atomic E-state index is 0.0370. The van der Waals surface area contributed by atoms with E-state index in [1.54, 1.807) is 0 Å². The van der Waals surface area contributed by atoms with Crippen LogP contribution in [0.1, 0.15) is 31.8 Å². The predicted molar refractivity (Wildman–Crippen MR) is 130 cm³/mol.